The molecule has 42 heavy (non-hydrogen) atoms. The van der Waals surface area contributed by atoms with Crippen LogP contribution < -0.4 is 10.6 Å². The Morgan fingerprint density at radius 3 is 2.40 bits per heavy atom. The highest BCUT2D eigenvalue weighted by Crippen LogP contribution is 2.68. The van der Waals surface area contributed by atoms with Crippen molar-refractivity contribution in [1.29, 1.82) is 0 Å². The molecule has 4 fully saturated rings. The van der Waals surface area contributed by atoms with Gasteiger partial charge in [0.15, 0.2) is 0 Å². The molecule has 1 aromatic heterocycles. The van der Waals surface area contributed by atoms with Crippen molar-refractivity contribution >= 4 is 17.5 Å². The van der Waals surface area contributed by atoms with Gasteiger partial charge in [-0.05, 0) is 116 Å². The topological polar surface area (TPSA) is 132 Å². The number of nitrogens with one attached hydrogen (secondary N) is 2. The Hall–Kier alpha value is -2.03. The van der Waals surface area contributed by atoms with Gasteiger partial charge in [0.2, 0.25) is 11.8 Å². The van der Waals surface area contributed by atoms with Gasteiger partial charge >= 0.3 is 0 Å². The van der Waals surface area contributed by atoms with Gasteiger partial charge in [-0.2, -0.15) is 0 Å². The molecule has 8 heteroatoms. The molecule has 0 saturated heterocycles. The number of hydrogen-bond acceptors (Lipinski definition) is 6. The summed E-state index contributed by atoms with van der Waals surface area (Å²) in [5, 5.41) is 39.5. The Morgan fingerprint density at radius 1 is 1.00 bits per heavy atom. The molecule has 0 unspecified atom stereocenters. The monoisotopic (exact) mass is 583 g/mol. The lowest BCUT2D eigenvalue weighted by Gasteiger charge is -2.63. The first-order valence-corrected chi connectivity index (χ1v) is 16.4. The summed E-state index contributed by atoms with van der Waals surface area (Å²) in [6.07, 6.45) is 9.16. The molecule has 8 nitrogen and oxygen atoms in total. The number of carbonyl (C=O) groups is 2. The predicted octanol–water partition coefficient (Wildman–Crippen LogP) is 4.54. The fourth-order valence-corrected chi connectivity index (χ4v) is 10.1. The number of aliphatic hydroxyl groups excluding tert-OH is 3. The maximum Gasteiger partial charge on any atom is 0.247 e. The number of carbonyl (C=O) groups excluding carboxylic acids is 2. The van der Waals surface area contributed by atoms with E-state index in [1.807, 2.05) is 13.8 Å². The summed E-state index contributed by atoms with van der Waals surface area (Å²) in [4.78, 5) is 30.0. The van der Waals surface area contributed by atoms with Gasteiger partial charge in [-0.3, -0.25) is 14.6 Å². The van der Waals surface area contributed by atoms with Crippen LogP contribution in [0.1, 0.15) is 92.4 Å². The molecule has 5 N–H and O–H groups in total. The molecule has 4 saturated carbocycles. The van der Waals surface area contributed by atoms with Crippen LogP contribution in [0.15, 0.2) is 24.5 Å². The van der Waals surface area contributed by atoms with E-state index in [2.05, 4.69) is 36.4 Å². The first-order valence-electron chi connectivity index (χ1n) is 16.4. The molecule has 0 aliphatic heterocycles. The lowest BCUT2D eigenvalue weighted by atomic mass is 9.43. The zero-order valence-electron chi connectivity index (χ0n) is 26.1. The molecule has 1 aromatic rings. The fourth-order valence-electron chi connectivity index (χ4n) is 10.1. The highest BCUT2D eigenvalue weighted by molar-refractivity contribution is 5.97. The minimum atomic E-state index is -0.634. The second-order valence-electron chi connectivity index (χ2n) is 15.1. The third-order valence-corrected chi connectivity index (χ3v) is 12.6. The van der Waals surface area contributed by atoms with E-state index in [4.69, 9.17) is 0 Å². The number of nitrogens with zero attached hydrogens (tertiary/aromatic N) is 1. The highest BCUT2D eigenvalue weighted by atomic mass is 16.3. The maximum atomic E-state index is 13.1. The zero-order valence-corrected chi connectivity index (χ0v) is 26.1. The quantitative estimate of drug-likeness (QED) is 0.305. The third-order valence-electron chi connectivity index (χ3n) is 12.6. The van der Waals surface area contributed by atoms with Gasteiger partial charge in [-0.1, -0.05) is 34.6 Å². The Morgan fingerprint density at radius 2 is 1.71 bits per heavy atom. The standard InChI is InChI=1S/C34H53N3O5/c1-19(2)31(32(42)36-22-11-14-35-15-12-22)37-29(41)9-6-20(3)24-7-8-25-30-26(18-28(40)34(24,25)5)33(4)13-10-23(38)16-21(33)17-27(30)39/h11-12,14-15,19-21,23-28,30-31,38-40H,6-10,13,16-18H2,1-5H3,(H,37,41)(H,35,36,42)/t20-,21+,23-,24-,25+,26+,27-,28+,30+,31+,33+,34-/m1/s1. The second-order valence-corrected chi connectivity index (χ2v) is 15.1. The molecule has 1 heterocycles. The normalized spacial score (nSPS) is 40.8. The molecule has 5 rings (SSSR count). The smallest absolute Gasteiger partial charge is 0.247 e. The van der Waals surface area contributed by atoms with Crippen LogP contribution in [-0.2, 0) is 9.59 Å². The Labute approximate surface area is 251 Å². The summed E-state index contributed by atoms with van der Waals surface area (Å²) in [5.74, 6) is 1.10. The summed E-state index contributed by atoms with van der Waals surface area (Å²) in [5.41, 5.74) is 0.416. The highest BCUT2D eigenvalue weighted by Gasteiger charge is 2.65. The first kappa shape index (κ1) is 31.4. The molecule has 0 aromatic carbocycles. The molecule has 234 valence electrons. The van der Waals surface area contributed by atoms with E-state index in [1.54, 1.807) is 24.5 Å². The number of amides is 2. The van der Waals surface area contributed by atoms with Crippen LogP contribution in [0.3, 0.4) is 0 Å². The number of anilines is 1. The molecular weight excluding hydrogens is 530 g/mol. The molecule has 4 aliphatic carbocycles. The van der Waals surface area contributed by atoms with Crippen LogP contribution >= 0.6 is 0 Å². The number of pyridine rings is 1. The van der Waals surface area contributed by atoms with Crippen LogP contribution in [0.5, 0.6) is 0 Å². The number of rotatable bonds is 8. The number of aromatic nitrogens is 1. The van der Waals surface area contributed by atoms with E-state index in [-0.39, 0.29) is 70.4 Å². The Kier molecular flexibility index (Phi) is 9.09. The average Bonchev–Trinajstić information content (AvgIpc) is 3.30. The van der Waals surface area contributed by atoms with Crippen molar-refractivity contribution in [2.24, 2.45) is 52.3 Å². The van der Waals surface area contributed by atoms with E-state index in [0.717, 1.165) is 38.5 Å². The summed E-state index contributed by atoms with van der Waals surface area (Å²) in [6.45, 7) is 10.7. The van der Waals surface area contributed by atoms with Gasteiger partial charge in [0.25, 0.3) is 0 Å². The third kappa shape index (κ3) is 5.63. The molecule has 4 aliphatic rings. The Bertz CT molecular complexity index is 1120. The SMILES string of the molecule is CC(C)[C@H](NC(=O)CC[C@@H](C)[C@H]1CC[C@H]2[C@@H]3[C@H](O)C[C@@H]4C[C@H](O)CC[C@]4(C)[C@H]3C[C@H](O)[C@]12C)C(=O)Nc1ccncc1. The summed E-state index contributed by atoms with van der Waals surface area (Å²) in [7, 11) is 0. The maximum absolute atomic E-state index is 13.1. The molecule has 12 atom stereocenters. The minimum absolute atomic E-state index is 0.0594. The fraction of sp³-hybridized carbons (Fsp3) is 0.794. The van der Waals surface area contributed by atoms with Crippen LogP contribution in [0.25, 0.3) is 0 Å². The van der Waals surface area contributed by atoms with Crippen LogP contribution in [0, 0.1) is 52.3 Å². The second kappa shape index (κ2) is 12.2. The Balaban J connectivity index is 1.22. The van der Waals surface area contributed by atoms with Gasteiger partial charge in [-0.15, -0.1) is 0 Å². The van der Waals surface area contributed by atoms with Gasteiger partial charge in [-0.25, -0.2) is 0 Å². The molecular formula is C34H53N3O5. The van der Waals surface area contributed by atoms with E-state index < -0.39 is 12.1 Å². The van der Waals surface area contributed by atoms with Crippen LogP contribution in [0.4, 0.5) is 5.69 Å². The summed E-state index contributed by atoms with van der Waals surface area (Å²) in [6, 6.07) is 2.81. The molecule has 2 amide bonds. The molecule has 0 bridgehead atoms. The largest absolute Gasteiger partial charge is 0.393 e. The van der Waals surface area contributed by atoms with E-state index in [9.17, 15) is 24.9 Å². The van der Waals surface area contributed by atoms with Crippen LogP contribution in [-0.4, -0.2) is 56.5 Å². The van der Waals surface area contributed by atoms with E-state index >= 15 is 0 Å². The van der Waals surface area contributed by atoms with Crippen molar-refractivity contribution in [2.75, 3.05) is 5.32 Å². The van der Waals surface area contributed by atoms with Crippen LogP contribution in [0.2, 0.25) is 0 Å². The molecule has 0 radical (unpaired) electrons. The lowest BCUT2D eigenvalue weighted by molar-refractivity contribution is -0.207. The lowest BCUT2D eigenvalue weighted by Crippen LogP contribution is -2.62. The van der Waals surface area contributed by atoms with Gasteiger partial charge in [0.05, 0.1) is 18.3 Å². The van der Waals surface area contributed by atoms with Gasteiger partial charge in [0.1, 0.15) is 6.04 Å². The average molecular weight is 584 g/mol. The number of hydrogen-bond donors (Lipinski definition) is 5. The number of aliphatic hydroxyl groups is 3. The number of fused-ring (bicyclic) bond motifs is 5. The van der Waals surface area contributed by atoms with Crippen molar-refractivity contribution < 1.29 is 24.9 Å². The molecule has 0 spiro atoms. The minimum Gasteiger partial charge on any atom is -0.393 e. The van der Waals surface area contributed by atoms with Crippen molar-refractivity contribution in [3.05, 3.63) is 24.5 Å². The van der Waals surface area contributed by atoms with Crippen molar-refractivity contribution in [1.82, 2.24) is 10.3 Å². The summed E-state index contributed by atoms with van der Waals surface area (Å²) < 4.78 is 0. The first-order chi connectivity index (χ1) is 19.9. The van der Waals surface area contributed by atoms with E-state index in [0.29, 0.717) is 30.9 Å². The van der Waals surface area contributed by atoms with Gasteiger partial charge < -0.3 is 26.0 Å². The van der Waals surface area contributed by atoms with Gasteiger partial charge in [0, 0.05) is 24.5 Å². The zero-order chi connectivity index (χ0) is 30.4. The van der Waals surface area contributed by atoms with Crippen molar-refractivity contribution in [3.63, 3.8) is 0 Å². The predicted molar refractivity (Wildman–Crippen MR) is 162 cm³/mol. The van der Waals surface area contributed by atoms with E-state index in [1.165, 1.54) is 0 Å². The summed E-state index contributed by atoms with van der Waals surface area (Å²) >= 11 is 0. The van der Waals surface area contributed by atoms with Crippen molar-refractivity contribution in [2.45, 2.75) is 117 Å². The van der Waals surface area contributed by atoms with Crippen molar-refractivity contribution in [3.8, 4) is 0 Å².